The van der Waals surface area contributed by atoms with Gasteiger partial charge in [0.25, 0.3) is 0 Å². The molecule has 3 heteroatoms. The fourth-order valence-corrected chi connectivity index (χ4v) is 1.42. The summed E-state index contributed by atoms with van der Waals surface area (Å²) in [6.07, 6.45) is 0.171. The van der Waals surface area contributed by atoms with Crippen LogP contribution in [0.4, 0.5) is 0 Å². The van der Waals surface area contributed by atoms with Crippen LogP contribution in [-0.2, 0) is 0 Å². The first-order chi connectivity index (χ1) is 6.19. The van der Waals surface area contributed by atoms with Crippen molar-refractivity contribution >= 4 is 11.6 Å². The molecule has 1 atom stereocenters. The van der Waals surface area contributed by atoms with Gasteiger partial charge in [-0.2, -0.15) is 0 Å². The quantitative estimate of drug-likeness (QED) is 0.813. The van der Waals surface area contributed by atoms with Crippen molar-refractivity contribution < 1.29 is 9.84 Å². The molecular weight excluding hydrogens is 188 g/mol. The second-order valence-corrected chi connectivity index (χ2v) is 3.22. The summed E-state index contributed by atoms with van der Waals surface area (Å²) in [4.78, 5) is 0. The Bertz CT molecular complexity index is 286. The van der Waals surface area contributed by atoms with Crippen LogP contribution in [0, 0.1) is 0 Å². The largest absolute Gasteiger partial charge is 0.497 e. The van der Waals surface area contributed by atoms with Crippen LogP contribution in [0.2, 0.25) is 5.02 Å². The first kappa shape index (κ1) is 10.4. The van der Waals surface area contributed by atoms with Gasteiger partial charge in [0, 0.05) is 0 Å². The monoisotopic (exact) mass is 200 g/mol. The second kappa shape index (κ2) is 4.49. The zero-order chi connectivity index (χ0) is 9.84. The van der Waals surface area contributed by atoms with Crippen LogP contribution in [0.3, 0.4) is 0 Å². The molecule has 1 rings (SSSR count). The van der Waals surface area contributed by atoms with Crippen LogP contribution in [0.25, 0.3) is 0 Å². The molecular formula is C10H13ClO2. The molecule has 2 nitrogen and oxygen atoms in total. The molecule has 0 saturated carbocycles. The third-order valence-electron chi connectivity index (χ3n) is 1.95. The van der Waals surface area contributed by atoms with E-state index in [0.29, 0.717) is 17.2 Å². The van der Waals surface area contributed by atoms with Crippen LogP contribution in [0.1, 0.15) is 25.0 Å². The van der Waals surface area contributed by atoms with E-state index in [1.54, 1.807) is 25.3 Å². The van der Waals surface area contributed by atoms with Crippen molar-refractivity contribution in [2.45, 2.75) is 19.4 Å². The fourth-order valence-electron chi connectivity index (χ4n) is 1.12. The Morgan fingerprint density at radius 2 is 2.23 bits per heavy atom. The topological polar surface area (TPSA) is 29.5 Å². The number of benzene rings is 1. The molecule has 72 valence electrons. The lowest BCUT2D eigenvalue weighted by Crippen LogP contribution is -1.96. The normalized spacial score (nSPS) is 12.6. The van der Waals surface area contributed by atoms with Crippen molar-refractivity contribution in [3.63, 3.8) is 0 Å². The highest BCUT2D eigenvalue weighted by molar-refractivity contribution is 6.31. The van der Waals surface area contributed by atoms with Gasteiger partial charge < -0.3 is 9.84 Å². The molecule has 0 fully saturated rings. The van der Waals surface area contributed by atoms with Crippen molar-refractivity contribution in [3.8, 4) is 5.75 Å². The van der Waals surface area contributed by atoms with Gasteiger partial charge >= 0.3 is 0 Å². The Balaban J connectivity index is 2.98. The van der Waals surface area contributed by atoms with Crippen molar-refractivity contribution in [2.24, 2.45) is 0 Å². The van der Waals surface area contributed by atoms with Crippen molar-refractivity contribution in [1.82, 2.24) is 0 Å². The number of hydrogen-bond acceptors (Lipinski definition) is 2. The Hall–Kier alpha value is -0.730. The molecule has 1 N–H and O–H groups in total. The molecule has 13 heavy (non-hydrogen) atoms. The molecule has 0 aliphatic rings. The van der Waals surface area contributed by atoms with E-state index in [2.05, 4.69) is 0 Å². The minimum atomic E-state index is -0.488. The highest BCUT2D eigenvalue weighted by atomic mass is 35.5. The first-order valence-corrected chi connectivity index (χ1v) is 4.58. The molecule has 0 aromatic heterocycles. The van der Waals surface area contributed by atoms with Crippen molar-refractivity contribution in [3.05, 3.63) is 28.8 Å². The number of rotatable bonds is 3. The summed E-state index contributed by atoms with van der Waals surface area (Å²) in [6, 6.07) is 5.28. The predicted molar refractivity (Wildman–Crippen MR) is 53.3 cm³/mol. The molecule has 0 radical (unpaired) electrons. The van der Waals surface area contributed by atoms with Crippen LogP contribution >= 0.6 is 11.6 Å². The van der Waals surface area contributed by atoms with Gasteiger partial charge in [-0.25, -0.2) is 0 Å². The van der Waals surface area contributed by atoms with Crippen LogP contribution in [-0.4, -0.2) is 12.2 Å². The Morgan fingerprint density at radius 1 is 1.54 bits per heavy atom. The van der Waals surface area contributed by atoms with Gasteiger partial charge in [-0.05, 0) is 24.1 Å². The van der Waals surface area contributed by atoms with E-state index in [9.17, 15) is 5.11 Å². The summed E-state index contributed by atoms with van der Waals surface area (Å²) < 4.78 is 5.00. The smallest absolute Gasteiger partial charge is 0.120 e. The minimum Gasteiger partial charge on any atom is -0.497 e. The maximum atomic E-state index is 9.55. The number of ether oxygens (including phenoxy) is 1. The van der Waals surface area contributed by atoms with Gasteiger partial charge in [0.1, 0.15) is 5.75 Å². The molecule has 0 spiro atoms. The summed E-state index contributed by atoms with van der Waals surface area (Å²) >= 11 is 5.94. The number of halogens is 1. The van der Waals surface area contributed by atoms with E-state index < -0.39 is 6.10 Å². The summed E-state index contributed by atoms with van der Waals surface area (Å²) in [5, 5.41) is 10.1. The van der Waals surface area contributed by atoms with Crippen LogP contribution in [0.15, 0.2) is 18.2 Å². The van der Waals surface area contributed by atoms with Gasteiger partial charge in [-0.15, -0.1) is 0 Å². The Kier molecular flexibility index (Phi) is 3.58. The molecule has 1 aromatic rings. The number of aliphatic hydroxyl groups excluding tert-OH is 1. The number of aliphatic hydroxyl groups is 1. The van der Waals surface area contributed by atoms with E-state index in [-0.39, 0.29) is 0 Å². The number of methoxy groups -OCH3 is 1. The number of hydrogen-bond donors (Lipinski definition) is 1. The van der Waals surface area contributed by atoms with Gasteiger partial charge in [-0.1, -0.05) is 24.6 Å². The SMILES string of the molecule is CCC(O)c1ccc(OC)cc1Cl. The summed E-state index contributed by atoms with van der Waals surface area (Å²) in [5.41, 5.74) is 0.755. The highest BCUT2D eigenvalue weighted by Crippen LogP contribution is 2.28. The summed E-state index contributed by atoms with van der Waals surface area (Å²) in [7, 11) is 1.58. The van der Waals surface area contributed by atoms with E-state index in [1.807, 2.05) is 6.92 Å². The lowest BCUT2D eigenvalue weighted by Gasteiger charge is -2.10. The molecule has 0 heterocycles. The second-order valence-electron chi connectivity index (χ2n) is 2.81. The third kappa shape index (κ3) is 2.36. The highest BCUT2D eigenvalue weighted by Gasteiger charge is 2.09. The van der Waals surface area contributed by atoms with Crippen LogP contribution in [0.5, 0.6) is 5.75 Å². The average Bonchev–Trinajstić information content (AvgIpc) is 2.16. The van der Waals surface area contributed by atoms with Gasteiger partial charge in [-0.3, -0.25) is 0 Å². The lowest BCUT2D eigenvalue weighted by atomic mass is 10.1. The summed E-state index contributed by atoms with van der Waals surface area (Å²) in [6.45, 7) is 1.91. The fraction of sp³-hybridized carbons (Fsp3) is 0.400. The molecule has 0 amide bonds. The Labute approximate surface area is 83.1 Å². The Morgan fingerprint density at radius 3 is 2.69 bits per heavy atom. The van der Waals surface area contributed by atoms with Gasteiger partial charge in [0.05, 0.1) is 18.2 Å². The van der Waals surface area contributed by atoms with Crippen molar-refractivity contribution in [2.75, 3.05) is 7.11 Å². The lowest BCUT2D eigenvalue weighted by molar-refractivity contribution is 0.173. The zero-order valence-electron chi connectivity index (χ0n) is 7.75. The summed E-state index contributed by atoms with van der Waals surface area (Å²) in [5.74, 6) is 0.706. The van der Waals surface area contributed by atoms with Gasteiger partial charge in [0.2, 0.25) is 0 Å². The predicted octanol–water partition coefficient (Wildman–Crippen LogP) is 2.79. The van der Waals surface area contributed by atoms with Crippen molar-refractivity contribution in [1.29, 1.82) is 0 Å². The third-order valence-corrected chi connectivity index (χ3v) is 2.28. The van der Waals surface area contributed by atoms with E-state index in [4.69, 9.17) is 16.3 Å². The minimum absolute atomic E-state index is 0.488. The maximum absolute atomic E-state index is 9.55. The zero-order valence-corrected chi connectivity index (χ0v) is 8.51. The van der Waals surface area contributed by atoms with Crippen LogP contribution < -0.4 is 4.74 Å². The molecule has 0 aliphatic carbocycles. The molecule has 0 bridgehead atoms. The first-order valence-electron chi connectivity index (χ1n) is 4.20. The molecule has 0 aliphatic heterocycles. The van der Waals surface area contributed by atoms with Gasteiger partial charge in [0.15, 0.2) is 0 Å². The molecule has 0 saturated heterocycles. The van der Waals surface area contributed by atoms with E-state index in [0.717, 1.165) is 5.56 Å². The molecule has 1 unspecified atom stereocenters. The maximum Gasteiger partial charge on any atom is 0.120 e. The van der Waals surface area contributed by atoms with E-state index in [1.165, 1.54) is 0 Å². The standard InChI is InChI=1S/C10H13ClO2/c1-3-10(12)8-5-4-7(13-2)6-9(8)11/h4-6,10,12H,3H2,1-2H3. The average molecular weight is 201 g/mol. The molecule has 1 aromatic carbocycles. The van der Waals surface area contributed by atoms with E-state index >= 15 is 0 Å².